The van der Waals surface area contributed by atoms with E-state index in [1.165, 1.54) is 0 Å². The summed E-state index contributed by atoms with van der Waals surface area (Å²) in [6.07, 6.45) is -2.37. The number of amides is 1. The Morgan fingerprint density at radius 3 is 2.44 bits per heavy atom. The third-order valence-corrected chi connectivity index (χ3v) is 7.86. The molecule has 0 unspecified atom stereocenters. The maximum atomic E-state index is 13.5. The van der Waals surface area contributed by atoms with Crippen LogP contribution in [0.4, 0.5) is 0 Å². The van der Waals surface area contributed by atoms with Crippen LogP contribution < -0.4 is 10.9 Å². The van der Waals surface area contributed by atoms with Crippen LogP contribution in [0.15, 0.2) is 41.3 Å². The Labute approximate surface area is 247 Å². The molecule has 3 atom stereocenters. The number of carboxylic acid groups (broad SMARTS) is 1. The van der Waals surface area contributed by atoms with Crippen molar-refractivity contribution in [1.29, 1.82) is 0 Å². The van der Waals surface area contributed by atoms with E-state index < -0.39 is 60.0 Å². The number of aliphatic hydroxyl groups is 4. The number of aliphatic carboxylic acids is 1. The second kappa shape index (κ2) is 12.6. The molecule has 2 heterocycles. The van der Waals surface area contributed by atoms with Crippen molar-refractivity contribution in [3.63, 3.8) is 0 Å². The fraction of sp³-hybridized carbons (Fsp3) is 0.419. The Hall–Kier alpha value is -4.10. The van der Waals surface area contributed by atoms with Crippen LogP contribution in [0.5, 0.6) is 0 Å². The first-order valence-electron chi connectivity index (χ1n) is 14.0. The van der Waals surface area contributed by atoms with Crippen LogP contribution in [0.25, 0.3) is 21.9 Å². The molecule has 4 aromatic rings. The Morgan fingerprint density at radius 2 is 1.77 bits per heavy atom. The summed E-state index contributed by atoms with van der Waals surface area (Å²) in [4.78, 5) is 45.8. The highest BCUT2D eigenvalue weighted by Crippen LogP contribution is 2.26. The number of H-pyrrole nitrogens is 1. The van der Waals surface area contributed by atoms with Gasteiger partial charge in [0.1, 0.15) is 18.3 Å². The van der Waals surface area contributed by atoms with Gasteiger partial charge in [-0.05, 0) is 87.1 Å². The molecule has 12 nitrogen and oxygen atoms in total. The van der Waals surface area contributed by atoms with E-state index in [-0.39, 0.29) is 6.54 Å². The first-order chi connectivity index (χ1) is 20.2. The standard InChI is InChI=1S/C31H38N4O8/c1-16-9-22-23(10-17(16)2)35(14-24(37)27(39)25(38)15-36)29(41)26(34-22)28(40)32-8-7-19-13-33-21-6-5-18(11-20(19)21)12-31(3,4)30(42)43/h5-6,9-11,13,24-25,27,33,36-39H,7-8,12,14-15H2,1-4H3,(H,32,40)(H,42,43)/t24-,25+,27-/m0/s1. The molecule has 230 valence electrons. The summed E-state index contributed by atoms with van der Waals surface area (Å²) in [7, 11) is 0. The molecule has 0 aliphatic rings. The lowest BCUT2D eigenvalue weighted by Crippen LogP contribution is -2.44. The van der Waals surface area contributed by atoms with E-state index in [0.29, 0.717) is 23.9 Å². The number of aryl methyl sites for hydroxylation is 2. The third kappa shape index (κ3) is 6.78. The first-order valence-corrected chi connectivity index (χ1v) is 14.0. The molecule has 0 saturated heterocycles. The molecule has 0 aliphatic heterocycles. The zero-order valence-electron chi connectivity index (χ0n) is 24.6. The number of aromatic nitrogens is 3. The SMILES string of the molecule is Cc1cc2nc(C(=O)NCCc3c[nH]c4ccc(CC(C)(C)C(=O)O)cc34)c(=O)n(C[C@H](O)[C@H](O)[C@H](O)CO)c2cc1C. The highest BCUT2D eigenvalue weighted by atomic mass is 16.4. The first kappa shape index (κ1) is 31.8. The molecular weight excluding hydrogens is 556 g/mol. The molecule has 2 aromatic carbocycles. The molecule has 2 aromatic heterocycles. The molecule has 4 rings (SSSR count). The van der Waals surface area contributed by atoms with E-state index >= 15 is 0 Å². The van der Waals surface area contributed by atoms with Crippen molar-refractivity contribution in [1.82, 2.24) is 19.9 Å². The predicted octanol–water partition coefficient (Wildman–Crippen LogP) is 1.20. The van der Waals surface area contributed by atoms with Gasteiger partial charge in [-0.1, -0.05) is 6.07 Å². The van der Waals surface area contributed by atoms with E-state index in [0.717, 1.165) is 37.7 Å². The highest BCUT2D eigenvalue weighted by Gasteiger charge is 2.28. The van der Waals surface area contributed by atoms with Crippen molar-refractivity contribution in [2.75, 3.05) is 13.2 Å². The van der Waals surface area contributed by atoms with Gasteiger partial charge in [0, 0.05) is 23.6 Å². The second-order valence-corrected chi connectivity index (χ2v) is 11.7. The summed E-state index contributed by atoms with van der Waals surface area (Å²) >= 11 is 0. The van der Waals surface area contributed by atoms with E-state index in [4.69, 9.17) is 5.11 Å². The zero-order chi connectivity index (χ0) is 31.6. The van der Waals surface area contributed by atoms with Gasteiger partial charge in [-0.15, -0.1) is 0 Å². The van der Waals surface area contributed by atoms with Crippen LogP contribution in [0, 0.1) is 19.3 Å². The maximum absolute atomic E-state index is 13.5. The molecule has 0 saturated carbocycles. The van der Waals surface area contributed by atoms with E-state index in [9.17, 15) is 34.8 Å². The zero-order valence-corrected chi connectivity index (χ0v) is 24.6. The summed E-state index contributed by atoms with van der Waals surface area (Å²) in [5.74, 6) is -1.60. The quantitative estimate of drug-likeness (QED) is 0.126. The summed E-state index contributed by atoms with van der Waals surface area (Å²) in [6.45, 7) is 5.98. The van der Waals surface area contributed by atoms with Gasteiger partial charge in [0.25, 0.3) is 11.5 Å². The van der Waals surface area contributed by atoms with E-state index in [2.05, 4.69) is 15.3 Å². The van der Waals surface area contributed by atoms with Gasteiger partial charge in [-0.25, -0.2) is 4.98 Å². The lowest BCUT2D eigenvalue weighted by atomic mass is 9.85. The number of rotatable bonds is 12. The van der Waals surface area contributed by atoms with Crippen molar-refractivity contribution >= 4 is 33.8 Å². The van der Waals surface area contributed by atoms with Crippen molar-refractivity contribution in [2.45, 2.75) is 65.4 Å². The topological polar surface area (TPSA) is 198 Å². The van der Waals surface area contributed by atoms with Gasteiger partial charge < -0.3 is 40.4 Å². The van der Waals surface area contributed by atoms with Gasteiger partial charge in [-0.2, -0.15) is 0 Å². The van der Waals surface area contributed by atoms with E-state index in [1.807, 2.05) is 38.2 Å². The maximum Gasteiger partial charge on any atom is 0.309 e. The third-order valence-electron chi connectivity index (χ3n) is 7.86. The number of fused-ring (bicyclic) bond motifs is 2. The van der Waals surface area contributed by atoms with E-state index in [1.54, 1.807) is 26.0 Å². The normalized spacial score (nSPS) is 14.1. The van der Waals surface area contributed by atoms with Gasteiger partial charge in [0.2, 0.25) is 0 Å². The van der Waals surface area contributed by atoms with Gasteiger partial charge in [-0.3, -0.25) is 14.4 Å². The summed E-state index contributed by atoms with van der Waals surface area (Å²) in [6, 6.07) is 9.13. The molecule has 0 spiro atoms. The van der Waals surface area contributed by atoms with Crippen LogP contribution in [-0.4, -0.2) is 83.4 Å². The molecule has 7 N–H and O–H groups in total. The minimum absolute atomic E-state index is 0.173. The Morgan fingerprint density at radius 1 is 1.07 bits per heavy atom. The van der Waals surface area contributed by atoms with Crippen molar-refractivity contribution in [3.05, 3.63) is 74.8 Å². The fourth-order valence-electron chi connectivity index (χ4n) is 5.01. The Balaban J connectivity index is 1.57. The van der Waals surface area contributed by atoms with Crippen LogP contribution in [0.2, 0.25) is 0 Å². The van der Waals surface area contributed by atoms with Crippen LogP contribution >= 0.6 is 0 Å². The minimum atomic E-state index is -1.73. The smallest absolute Gasteiger partial charge is 0.309 e. The molecule has 0 aliphatic carbocycles. The molecule has 12 heteroatoms. The highest BCUT2D eigenvalue weighted by molar-refractivity contribution is 5.94. The number of benzene rings is 2. The molecule has 0 radical (unpaired) electrons. The Bertz CT molecular complexity index is 1720. The summed E-state index contributed by atoms with van der Waals surface area (Å²) < 4.78 is 1.14. The van der Waals surface area contributed by atoms with Gasteiger partial charge in [0.05, 0.1) is 29.6 Å². The number of nitrogens with one attached hydrogen (secondary N) is 2. The molecular formula is C31H38N4O8. The monoisotopic (exact) mass is 594 g/mol. The van der Waals surface area contributed by atoms with Crippen molar-refractivity contribution < 1.29 is 35.1 Å². The lowest BCUT2D eigenvalue weighted by Gasteiger charge is -2.23. The number of hydrogen-bond acceptors (Lipinski definition) is 8. The average molecular weight is 595 g/mol. The largest absolute Gasteiger partial charge is 0.481 e. The number of nitrogens with zero attached hydrogens (tertiary/aromatic N) is 2. The number of carbonyl (C=O) groups excluding carboxylic acids is 1. The van der Waals surface area contributed by atoms with Gasteiger partial charge >= 0.3 is 5.97 Å². The van der Waals surface area contributed by atoms with Crippen molar-refractivity contribution in [2.24, 2.45) is 5.41 Å². The molecule has 0 fully saturated rings. The summed E-state index contributed by atoms with van der Waals surface area (Å²) in [5, 5.41) is 52.7. The van der Waals surface area contributed by atoms with Gasteiger partial charge in [0.15, 0.2) is 5.69 Å². The minimum Gasteiger partial charge on any atom is -0.481 e. The van der Waals surface area contributed by atoms with Crippen LogP contribution in [0.3, 0.4) is 0 Å². The van der Waals surface area contributed by atoms with Crippen LogP contribution in [0.1, 0.15) is 46.6 Å². The second-order valence-electron chi connectivity index (χ2n) is 11.7. The number of carbonyl (C=O) groups is 2. The fourth-order valence-corrected chi connectivity index (χ4v) is 5.01. The predicted molar refractivity (Wildman–Crippen MR) is 160 cm³/mol. The molecule has 43 heavy (non-hydrogen) atoms. The number of aromatic amines is 1. The van der Waals surface area contributed by atoms with Crippen molar-refractivity contribution in [3.8, 4) is 0 Å². The number of hydrogen-bond donors (Lipinski definition) is 7. The Kier molecular flexibility index (Phi) is 9.35. The molecule has 0 bridgehead atoms. The molecule has 1 amide bonds. The number of carboxylic acids is 1. The van der Waals surface area contributed by atoms with Crippen LogP contribution in [-0.2, 0) is 24.2 Å². The lowest BCUT2D eigenvalue weighted by molar-refractivity contribution is -0.146. The average Bonchev–Trinajstić information content (AvgIpc) is 3.36. The summed E-state index contributed by atoms with van der Waals surface area (Å²) in [5.41, 5.74) is 2.94. The number of aliphatic hydroxyl groups excluding tert-OH is 4.